The van der Waals surface area contributed by atoms with Gasteiger partial charge in [-0.15, -0.1) is 0 Å². The Morgan fingerprint density at radius 3 is 2.38 bits per heavy atom. The van der Waals surface area contributed by atoms with Gasteiger partial charge in [0, 0.05) is 5.56 Å². The molecule has 2 rings (SSSR count). The molecule has 0 heterocycles. The van der Waals surface area contributed by atoms with Crippen LogP contribution in [-0.4, -0.2) is 6.61 Å². The number of halogens is 4. The van der Waals surface area contributed by atoms with Gasteiger partial charge in [-0.25, -0.2) is 8.78 Å². The maximum Gasteiger partial charge on any atom is 0.133 e. The van der Waals surface area contributed by atoms with Crippen LogP contribution in [0.15, 0.2) is 40.9 Å². The minimum atomic E-state index is -0.570. The molecule has 0 amide bonds. The van der Waals surface area contributed by atoms with Crippen molar-refractivity contribution < 1.29 is 13.5 Å². The Labute approximate surface area is 139 Å². The highest BCUT2D eigenvalue weighted by molar-refractivity contribution is 9.10. The highest BCUT2D eigenvalue weighted by Gasteiger charge is 2.20. The van der Waals surface area contributed by atoms with E-state index in [9.17, 15) is 8.78 Å². The van der Waals surface area contributed by atoms with E-state index in [-0.39, 0.29) is 5.56 Å². The lowest BCUT2D eigenvalue weighted by atomic mass is 10.0. The average Bonchev–Trinajstić information content (AvgIpc) is 2.45. The van der Waals surface area contributed by atoms with Crippen LogP contribution in [0.25, 0.3) is 0 Å². The summed E-state index contributed by atoms with van der Waals surface area (Å²) in [6.07, 6.45) is 0.912. The third-order valence-corrected chi connectivity index (χ3v) is 4.57. The van der Waals surface area contributed by atoms with Crippen LogP contribution in [0.3, 0.4) is 0 Å². The van der Waals surface area contributed by atoms with Gasteiger partial charge in [0.15, 0.2) is 0 Å². The number of benzene rings is 2. The summed E-state index contributed by atoms with van der Waals surface area (Å²) in [7, 11) is 0. The molecule has 0 N–H and O–H groups in total. The molecular formula is C16H14Br2F2O. The van der Waals surface area contributed by atoms with Crippen LogP contribution in [0.5, 0.6) is 5.75 Å². The first kappa shape index (κ1) is 16.4. The summed E-state index contributed by atoms with van der Waals surface area (Å²) in [5.41, 5.74) is 0.751. The van der Waals surface area contributed by atoms with Crippen LogP contribution < -0.4 is 4.74 Å². The molecule has 0 saturated carbocycles. The monoisotopic (exact) mass is 418 g/mol. The van der Waals surface area contributed by atoms with Crippen molar-refractivity contribution in [2.75, 3.05) is 6.61 Å². The van der Waals surface area contributed by atoms with E-state index in [1.54, 1.807) is 18.2 Å². The normalized spacial score (nSPS) is 12.2. The summed E-state index contributed by atoms with van der Waals surface area (Å²) >= 11 is 6.79. The molecule has 0 aliphatic heterocycles. The van der Waals surface area contributed by atoms with Gasteiger partial charge >= 0.3 is 0 Å². The zero-order chi connectivity index (χ0) is 15.4. The standard InChI is InChI=1S/C16H14Br2F2O/c1-2-8-21-14-7-6-10(9-11(14)17)16(18)15-12(19)4-3-5-13(15)20/h3-7,9,16H,2,8H2,1H3. The van der Waals surface area contributed by atoms with E-state index in [0.29, 0.717) is 12.4 Å². The zero-order valence-corrected chi connectivity index (χ0v) is 14.5. The molecule has 0 spiro atoms. The van der Waals surface area contributed by atoms with Crippen LogP contribution >= 0.6 is 31.9 Å². The van der Waals surface area contributed by atoms with Crippen molar-refractivity contribution in [3.05, 3.63) is 63.6 Å². The third-order valence-electron chi connectivity index (χ3n) is 2.96. The van der Waals surface area contributed by atoms with E-state index < -0.39 is 16.5 Å². The van der Waals surface area contributed by atoms with Gasteiger partial charge in [-0.05, 0) is 52.2 Å². The van der Waals surface area contributed by atoms with Crippen molar-refractivity contribution in [1.29, 1.82) is 0 Å². The molecule has 0 fully saturated rings. The van der Waals surface area contributed by atoms with Crippen LogP contribution in [0.1, 0.15) is 29.3 Å². The fourth-order valence-electron chi connectivity index (χ4n) is 1.92. The number of ether oxygens (including phenoxy) is 1. The second kappa shape index (κ2) is 7.36. The van der Waals surface area contributed by atoms with E-state index >= 15 is 0 Å². The van der Waals surface area contributed by atoms with Crippen molar-refractivity contribution in [1.82, 2.24) is 0 Å². The van der Waals surface area contributed by atoms with Gasteiger partial charge in [0.05, 0.1) is 15.9 Å². The zero-order valence-electron chi connectivity index (χ0n) is 11.4. The van der Waals surface area contributed by atoms with E-state index in [4.69, 9.17) is 4.74 Å². The number of hydrogen-bond donors (Lipinski definition) is 0. The first-order valence-electron chi connectivity index (χ1n) is 6.54. The number of alkyl halides is 1. The molecule has 0 saturated heterocycles. The molecule has 2 aromatic rings. The third kappa shape index (κ3) is 3.83. The minimum Gasteiger partial charge on any atom is -0.492 e. The SMILES string of the molecule is CCCOc1ccc(C(Br)c2c(F)cccc2F)cc1Br. The summed E-state index contributed by atoms with van der Waals surface area (Å²) < 4.78 is 34.0. The van der Waals surface area contributed by atoms with Crippen molar-refractivity contribution in [2.45, 2.75) is 18.2 Å². The van der Waals surface area contributed by atoms with Crippen molar-refractivity contribution in [2.24, 2.45) is 0 Å². The predicted molar refractivity (Wildman–Crippen MR) is 87.1 cm³/mol. The van der Waals surface area contributed by atoms with E-state index in [2.05, 4.69) is 31.9 Å². The highest BCUT2D eigenvalue weighted by atomic mass is 79.9. The van der Waals surface area contributed by atoms with Gasteiger partial charge in [0.25, 0.3) is 0 Å². The van der Waals surface area contributed by atoms with Crippen molar-refractivity contribution in [3.63, 3.8) is 0 Å². The van der Waals surface area contributed by atoms with E-state index in [1.165, 1.54) is 18.2 Å². The van der Waals surface area contributed by atoms with Crippen molar-refractivity contribution >= 4 is 31.9 Å². The molecule has 5 heteroatoms. The van der Waals surface area contributed by atoms with Gasteiger partial charge in [0.1, 0.15) is 17.4 Å². The molecule has 2 aromatic carbocycles. The van der Waals surface area contributed by atoms with Gasteiger partial charge < -0.3 is 4.74 Å². The summed E-state index contributed by atoms with van der Waals surface area (Å²) in [5, 5.41) is 0. The van der Waals surface area contributed by atoms with E-state index in [0.717, 1.165) is 16.5 Å². The lowest BCUT2D eigenvalue weighted by Gasteiger charge is -2.15. The Morgan fingerprint density at radius 2 is 1.81 bits per heavy atom. The number of rotatable bonds is 5. The lowest BCUT2D eigenvalue weighted by Crippen LogP contribution is -2.01. The topological polar surface area (TPSA) is 9.23 Å². The minimum absolute atomic E-state index is 0.00614. The number of hydrogen-bond acceptors (Lipinski definition) is 1. The lowest BCUT2D eigenvalue weighted by molar-refractivity contribution is 0.315. The smallest absolute Gasteiger partial charge is 0.133 e. The van der Waals surface area contributed by atoms with Gasteiger partial charge in [-0.2, -0.15) is 0 Å². The largest absolute Gasteiger partial charge is 0.492 e. The maximum atomic E-state index is 13.8. The molecule has 0 aliphatic carbocycles. The van der Waals surface area contributed by atoms with Crippen LogP contribution in [-0.2, 0) is 0 Å². The van der Waals surface area contributed by atoms with Crippen LogP contribution in [0.4, 0.5) is 8.78 Å². The molecule has 0 radical (unpaired) electrons. The quantitative estimate of drug-likeness (QED) is 0.540. The fourth-order valence-corrected chi connectivity index (χ4v) is 3.16. The second-order valence-electron chi connectivity index (χ2n) is 4.54. The molecule has 1 unspecified atom stereocenters. The molecule has 0 bridgehead atoms. The van der Waals surface area contributed by atoms with Gasteiger partial charge in [0.2, 0.25) is 0 Å². The van der Waals surface area contributed by atoms with Gasteiger partial charge in [-0.1, -0.05) is 35.0 Å². The average molecular weight is 420 g/mol. The van der Waals surface area contributed by atoms with Crippen LogP contribution in [0, 0.1) is 11.6 Å². The summed E-state index contributed by atoms with van der Waals surface area (Å²) in [6, 6.07) is 9.24. The molecular weight excluding hydrogens is 406 g/mol. The molecule has 1 nitrogen and oxygen atoms in total. The summed E-state index contributed by atoms with van der Waals surface area (Å²) in [6.45, 7) is 2.65. The predicted octanol–water partition coefficient (Wildman–Crippen LogP) is 6.00. The summed E-state index contributed by atoms with van der Waals surface area (Å²) in [5.74, 6) is -0.423. The second-order valence-corrected chi connectivity index (χ2v) is 6.31. The Balaban J connectivity index is 2.32. The Morgan fingerprint density at radius 1 is 1.14 bits per heavy atom. The molecule has 1 atom stereocenters. The Kier molecular flexibility index (Phi) is 5.76. The maximum absolute atomic E-state index is 13.8. The first-order valence-corrected chi connectivity index (χ1v) is 8.25. The Bertz CT molecular complexity index is 611. The molecule has 112 valence electrons. The van der Waals surface area contributed by atoms with Crippen LogP contribution in [0.2, 0.25) is 0 Å². The fraction of sp³-hybridized carbons (Fsp3) is 0.250. The first-order chi connectivity index (χ1) is 10.0. The molecule has 21 heavy (non-hydrogen) atoms. The van der Waals surface area contributed by atoms with E-state index in [1.807, 2.05) is 6.92 Å². The molecule has 0 aromatic heterocycles. The van der Waals surface area contributed by atoms with Crippen molar-refractivity contribution in [3.8, 4) is 5.75 Å². The Hall–Kier alpha value is -0.940. The van der Waals surface area contributed by atoms with Gasteiger partial charge in [-0.3, -0.25) is 0 Å². The summed E-state index contributed by atoms with van der Waals surface area (Å²) in [4.78, 5) is -0.560. The highest BCUT2D eigenvalue weighted by Crippen LogP contribution is 2.37. The molecule has 0 aliphatic rings.